The summed E-state index contributed by atoms with van der Waals surface area (Å²) in [5.74, 6) is 0.157. The third-order valence-corrected chi connectivity index (χ3v) is 6.90. The van der Waals surface area contributed by atoms with Crippen LogP contribution in [0.5, 0.6) is 0 Å². The molecule has 0 saturated heterocycles. The first kappa shape index (κ1) is 28.0. The molecule has 1 amide bonds. The van der Waals surface area contributed by atoms with Crippen LogP contribution in [-0.2, 0) is 14.8 Å². The smallest absolute Gasteiger partial charge is 0.243 e. The molecule has 0 heterocycles. The van der Waals surface area contributed by atoms with Crippen LogP contribution >= 0.6 is 12.2 Å². The highest BCUT2D eigenvalue weighted by molar-refractivity contribution is 7.89. The fourth-order valence-corrected chi connectivity index (χ4v) is 4.63. The average Bonchev–Trinajstić information content (AvgIpc) is 2.88. The number of nitrogens with two attached hydrogens (primary N) is 2. The topological polar surface area (TPSA) is 131 Å². The lowest BCUT2D eigenvalue weighted by Crippen LogP contribution is -2.34. The Bertz CT molecular complexity index is 1400. The first-order valence-corrected chi connectivity index (χ1v) is 13.8. The van der Waals surface area contributed by atoms with E-state index >= 15 is 0 Å². The van der Waals surface area contributed by atoms with Crippen molar-refractivity contribution in [1.82, 2.24) is 0 Å². The fraction of sp³-hybridized carbons (Fsp3) is 0.222. The molecular formula is C27H31N5O3S2. The Labute approximate surface area is 223 Å². The molecule has 37 heavy (non-hydrogen) atoms. The maximum atomic E-state index is 12.9. The van der Waals surface area contributed by atoms with Crippen molar-refractivity contribution in [1.29, 1.82) is 0 Å². The molecule has 0 aliphatic heterocycles. The van der Waals surface area contributed by atoms with Crippen LogP contribution in [0.1, 0.15) is 32.3 Å². The average molecular weight is 538 g/mol. The largest absolute Gasteiger partial charge is 0.383 e. The Hall–Kier alpha value is -3.60. The summed E-state index contributed by atoms with van der Waals surface area (Å²) in [6.07, 6.45) is 1.48. The van der Waals surface area contributed by atoms with E-state index in [2.05, 4.69) is 10.3 Å². The molecule has 0 atom stereocenters. The normalized spacial score (nSPS) is 11.7. The number of hydrogen-bond acceptors (Lipinski definition) is 5. The summed E-state index contributed by atoms with van der Waals surface area (Å²) in [6, 6.07) is 21.0. The van der Waals surface area contributed by atoms with Crippen molar-refractivity contribution in [3.8, 4) is 11.1 Å². The highest BCUT2D eigenvalue weighted by Crippen LogP contribution is 2.27. The number of benzene rings is 3. The molecule has 0 aromatic heterocycles. The zero-order valence-corrected chi connectivity index (χ0v) is 22.5. The van der Waals surface area contributed by atoms with E-state index in [9.17, 15) is 13.2 Å². The molecule has 3 rings (SSSR count). The third kappa shape index (κ3) is 7.69. The molecule has 0 aliphatic rings. The summed E-state index contributed by atoms with van der Waals surface area (Å²) in [7, 11) is -3.87. The van der Waals surface area contributed by atoms with Gasteiger partial charge < -0.3 is 16.0 Å². The van der Waals surface area contributed by atoms with Crippen molar-refractivity contribution >= 4 is 50.3 Å². The van der Waals surface area contributed by atoms with Crippen molar-refractivity contribution in [3.63, 3.8) is 0 Å². The molecule has 0 unspecified atom stereocenters. The van der Waals surface area contributed by atoms with E-state index in [-0.39, 0.29) is 17.3 Å². The quantitative estimate of drug-likeness (QED) is 0.201. The second kappa shape index (κ2) is 12.6. The molecule has 0 bridgehead atoms. The molecule has 5 N–H and O–H groups in total. The number of amides is 1. The molecule has 0 spiro atoms. The fourth-order valence-electron chi connectivity index (χ4n) is 3.77. The number of aliphatic imine (C=N–C) groups is 1. The number of nitrogens with one attached hydrogen (secondary N) is 1. The molecule has 3 aromatic carbocycles. The van der Waals surface area contributed by atoms with Crippen LogP contribution in [0.15, 0.2) is 82.7 Å². The second-order valence-corrected chi connectivity index (χ2v) is 10.4. The summed E-state index contributed by atoms with van der Waals surface area (Å²) >= 11 is 5.17. The van der Waals surface area contributed by atoms with Crippen molar-refractivity contribution < 1.29 is 13.2 Å². The Kier molecular flexibility index (Phi) is 9.51. The summed E-state index contributed by atoms with van der Waals surface area (Å²) in [5.41, 5.74) is 9.49. The summed E-state index contributed by atoms with van der Waals surface area (Å²) < 4.78 is 23.9. The van der Waals surface area contributed by atoms with Crippen molar-refractivity contribution in [2.75, 3.05) is 23.3 Å². The highest BCUT2D eigenvalue weighted by atomic mass is 32.2. The zero-order chi connectivity index (χ0) is 27.0. The molecule has 3 aromatic rings. The summed E-state index contributed by atoms with van der Waals surface area (Å²) in [5, 5.41) is 8.26. The molecule has 10 heteroatoms. The standard InChI is InChI=1S/C27H31N5O3S2/c1-3-16-32(22-9-7-8-20(17-22)27(28)31-26(36)4-2)18-25(33)30-21-14-12-19(13-15-21)23-10-5-6-11-24(23)37(29,34)35/h5-15,17H,3-4,16,18H2,1-2H3,(H,30,33)(H2,28,31,36)(H2,29,34,35). The zero-order valence-electron chi connectivity index (χ0n) is 20.8. The maximum absolute atomic E-state index is 12.9. The molecule has 194 valence electrons. The molecule has 0 fully saturated rings. The van der Waals surface area contributed by atoms with Crippen LogP contribution in [0, 0.1) is 0 Å². The summed E-state index contributed by atoms with van der Waals surface area (Å²) in [6.45, 7) is 4.78. The first-order valence-electron chi connectivity index (χ1n) is 11.9. The lowest BCUT2D eigenvalue weighted by molar-refractivity contribution is -0.115. The first-order chi connectivity index (χ1) is 17.6. The van der Waals surface area contributed by atoms with Crippen LogP contribution in [0.25, 0.3) is 11.1 Å². The number of thiocarbonyl (C=S) groups is 1. The highest BCUT2D eigenvalue weighted by Gasteiger charge is 2.16. The Morgan fingerprint density at radius 3 is 2.38 bits per heavy atom. The number of anilines is 2. The van der Waals surface area contributed by atoms with Gasteiger partial charge in [0.2, 0.25) is 15.9 Å². The second-order valence-electron chi connectivity index (χ2n) is 8.38. The number of nitrogens with zero attached hydrogens (tertiary/aromatic N) is 2. The lowest BCUT2D eigenvalue weighted by atomic mass is 10.1. The van der Waals surface area contributed by atoms with Gasteiger partial charge in [0.25, 0.3) is 0 Å². The van der Waals surface area contributed by atoms with Crippen LogP contribution in [-0.4, -0.2) is 38.2 Å². The van der Waals surface area contributed by atoms with Crippen molar-refractivity contribution in [3.05, 3.63) is 78.4 Å². The number of carbonyl (C=O) groups excluding carboxylic acids is 1. The monoisotopic (exact) mass is 537 g/mol. The molecule has 8 nitrogen and oxygen atoms in total. The van der Waals surface area contributed by atoms with Gasteiger partial charge in [0.1, 0.15) is 10.8 Å². The van der Waals surface area contributed by atoms with E-state index < -0.39 is 10.0 Å². The minimum Gasteiger partial charge on any atom is -0.383 e. The molecule has 0 aliphatic carbocycles. The van der Waals surface area contributed by atoms with Gasteiger partial charge in [-0.1, -0.05) is 68.5 Å². The van der Waals surface area contributed by atoms with Crippen LogP contribution in [0.4, 0.5) is 11.4 Å². The molecule has 0 radical (unpaired) electrons. The molecule has 0 saturated carbocycles. The van der Waals surface area contributed by atoms with Gasteiger partial charge in [0.15, 0.2) is 0 Å². The SMILES string of the molecule is CCCN(CC(=O)Nc1ccc(-c2ccccc2S(N)(=O)=O)cc1)c1cccc(C(N)=NC(=S)CC)c1. The van der Waals surface area contributed by atoms with Crippen molar-refractivity contribution in [2.24, 2.45) is 15.9 Å². The van der Waals surface area contributed by atoms with Crippen LogP contribution in [0.3, 0.4) is 0 Å². The predicted molar refractivity (Wildman–Crippen MR) is 154 cm³/mol. The third-order valence-electron chi connectivity index (χ3n) is 5.56. The van der Waals surface area contributed by atoms with E-state index in [1.807, 2.05) is 43.0 Å². The van der Waals surface area contributed by atoms with E-state index in [0.29, 0.717) is 40.6 Å². The van der Waals surface area contributed by atoms with E-state index in [0.717, 1.165) is 17.7 Å². The number of carbonyl (C=O) groups is 1. The van der Waals surface area contributed by atoms with Gasteiger partial charge in [-0.2, -0.15) is 0 Å². The van der Waals surface area contributed by atoms with Crippen molar-refractivity contribution in [2.45, 2.75) is 31.6 Å². The Balaban J connectivity index is 1.75. The number of amidine groups is 1. The minimum absolute atomic E-state index is 0.0476. The van der Waals surface area contributed by atoms with Gasteiger partial charge in [0.05, 0.1) is 11.4 Å². The Morgan fingerprint density at radius 1 is 1.03 bits per heavy atom. The van der Waals surface area contributed by atoms with Crippen LogP contribution in [0.2, 0.25) is 0 Å². The minimum atomic E-state index is -3.87. The Morgan fingerprint density at radius 2 is 1.73 bits per heavy atom. The van der Waals surface area contributed by atoms with Gasteiger partial charge in [-0.3, -0.25) is 4.79 Å². The van der Waals surface area contributed by atoms with Gasteiger partial charge in [-0.15, -0.1) is 0 Å². The van der Waals surface area contributed by atoms with E-state index in [4.69, 9.17) is 23.1 Å². The van der Waals surface area contributed by atoms with Gasteiger partial charge in [-0.25, -0.2) is 18.5 Å². The molecular weight excluding hydrogens is 506 g/mol. The lowest BCUT2D eigenvalue weighted by Gasteiger charge is -2.24. The number of hydrogen-bond donors (Lipinski definition) is 3. The summed E-state index contributed by atoms with van der Waals surface area (Å²) in [4.78, 5) is 19.7. The van der Waals surface area contributed by atoms with Crippen LogP contribution < -0.4 is 21.1 Å². The van der Waals surface area contributed by atoms with Gasteiger partial charge in [-0.05, 0) is 48.7 Å². The predicted octanol–water partition coefficient (Wildman–Crippen LogP) is 4.30. The maximum Gasteiger partial charge on any atom is 0.243 e. The van der Waals surface area contributed by atoms with E-state index in [1.165, 1.54) is 6.07 Å². The number of primary sulfonamides is 1. The van der Waals surface area contributed by atoms with Gasteiger partial charge in [0, 0.05) is 29.0 Å². The number of rotatable bonds is 10. The van der Waals surface area contributed by atoms with Gasteiger partial charge >= 0.3 is 0 Å². The van der Waals surface area contributed by atoms with E-state index in [1.54, 1.807) is 42.5 Å². The number of sulfonamides is 1.